The molecule has 0 unspecified atom stereocenters. The van der Waals surface area contributed by atoms with Crippen LogP contribution in [0.5, 0.6) is 0 Å². The summed E-state index contributed by atoms with van der Waals surface area (Å²) in [6, 6.07) is 14.6. The van der Waals surface area contributed by atoms with Crippen LogP contribution in [-0.4, -0.2) is 63.8 Å². The first-order valence-electron chi connectivity index (χ1n) is 10.7. The molecule has 1 aromatic heterocycles. The van der Waals surface area contributed by atoms with E-state index in [2.05, 4.69) is 15.5 Å². The second kappa shape index (κ2) is 9.30. The van der Waals surface area contributed by atoms with Crippen LogP contribution in [0.4, 0.5) is 5.69 Å². The maximum atomic E-state index is 13.2. The molecule has 2 saturated heterocycles. The SMILES string of the molecule is C[C@@]1(CSc2nnnn2-c2ccccc2)S[C@@H]2CC(=O)N2[C@H]1C(=O)OCc1ccc([N+](=O)[O-])cc1. The van der Waals surface area contributed by atoms with Gasteiger partial charge in [0.25, 0.3) is 5.69 Å². The molecule has 2 fully saturated rings. The fourth-order valence-corrected chi connectivity index (χ4v) is 7.03. The number of tetrazole rings is 1. The number of carbonyl (C=O) groups is 2. The van der Waals surface area contributed by atoms with E-state index < -0.39 is 21.7 Å². The number of nitrogens with zero attached hydrogens (tertiary/aromatic N) is 6. The molecule has 35 heavy (non-hydrogen) atoms. The normalized spacial score (nSPS) is 23.0. The van der Waals surface area contributed by atoms with Crippen LogP contribution in [0.25, 0.3) is 5.69 Å². The van der Waals surface area contributed by atoms with E-state index in [4.69, 9.17) is 4.74 Å². The van der Waals surface area contributed by atoms with Crippen LogP contribution >= 0.6 is 23.5 Å². The Bertz CT molecular complexity index is 1270. The maximum Gasteiger partial charge on any atom is 0.330 e. The minimum Gasteiger partial charge on any atom is -0.459 e. The number of benzene rings is 2. The Morgan fingerprint density at radius 2 is 2.00 bits per heavy atom. The summed E-state index contributed by atoms with van der Waals surface area (Å²) in [5.74, 6) is -0.109. The lowest BCUT2D eigenvalue weighted by molar-refractivity contribution is -0.384. The number of rotatable bonds is 8. The predicted octanol–water partition coefficient (Wildman–Crippen LogP) is 2.84. The smallest absolute Gasteiger partial charge is 0.330 e. The van der Waals surface area contributed by atoms with E-state index in [1.807, 2.05) is 37.3 Å². The van der Waals surface area contributed by atoms with Crippen molar-refractivity contribution < 1.29 is 19.2 Å². The van der Waals surface area contributed by atoms with Gasteiger partial charge in [-0.25, -0.2) is 4.79 Å². The fraction of sp³-hybridized carbons (Fsp3) is 0.318. The number of esters is 1. The molecule has 0 N–H and O–H groups in total. The molecule has 0 radical (unpaired) electrons. The number of carbonyl (C=O) groups excluding carboxylic acids is 2. The van der Waals surface area contributed by atoms with Gasteiger partial charge in [0.2, 0.25) is 11.1 Å². The van der Waals surface area contributed by atoms with Crippen molar-refractivity contribution in [2.45, 2.75) is 41.3 Å². The molecule has 2 aliphatic heterocycles. The Balaban J connectivity index is 1.30. The van der Waals surface area contributed by atoms with Crippen molar-refractivity contribution in [2.24, 2.45) is 0 Å². The standard InChI is InChI=1S/C22H20N6O5S2/c1-22(13-34-21-23-24-25-27(21)15-5-3-2-4-6-15)19(26-17(29)11-18(26)35-22)20(30)33-12-14-7-9-16(10-8-14)28(31)32/h2-10,18-19H,11-13H2,1H3/t18-,19+,22+/m1/s1. The molecule has 0 saturated carbocycles. The fourth-order valence-electron chi connectivity index (χ4n) is 4.11. The van der Waals surface area contributed by atoms with E-state index in [9.17, 15) is 19.7 Å². The van der Waals surface area contributed by atoms with Gasteiger partial charge in [0.1, 0.15) is 12.6 Å². The molecule has 0 aliphatic carbocycles. The largest absolute Gasteiger partial charge is 0.459 e. The van der Waals surface area contributed by atoms with E-state index in [-0.39, 0.29) is 23.6 Å². The van der Waals surface area contributed by atoms with Crippen LogP contribution < -0.4 is 0 Å². The minimum atomic E-state index is -0.759. The molecule has 2 aliphatic rings. The summed E-state index contributed by atoms with van der Waals surface area (Å²) in [5, 5.41) is 23.3. The molecule has 0 spiro atoms. The van der Waals surface area contributed by atoms with E-state index >= 15 is 0 Å². The van der Waals surface area contributed by atoms with Crippen molar-refractivity contribution in [2.75, 3.05) is 5.75 Å². The lowest BCUT2D eigenvalue weighted by Crippen LogP contribution is -2.58. The number of hydrogen-bond acceptors (Lipinski definition) is 10. The molecule has 2 aromatic carbocycles. The van der Waals surface area contributed by atoms with Gasteiger partial charge in [-0.3, -0.25) is 14.9 Å². The van der Waals surface area contributed by atoms with Gasteiger partial charge in [0.05, 0.1) is 27.2 Å². The number of para-hydroxylation sites is 1. The highest BCUT2D eigenvalue weighted by molar-refractivity contribution is 8.04. The monoisotopic (exact) mass is 512 g/mol. The number of ether oxygens (including phenoxy) is 1. The molecular weight excluding hydrogens is 492 g/mol. The number of aromatic nitrogens is 4. The van der Waals surface area contributed by atoms with Crippen molar-refractivity contribution in [3.8, 4) is 5.69 Å². The Hall–Kier alpha value is -3.45. The Morgan fingerprint density at radius 3 is 2.69 bits per heavy atom. The van der Waals surface area contributed by atoms with Crippen LogP contribution in [0.15, 0.2) is 59.8 Å². The molecule has 3 atom stereocenters. The topological polar surface area (TPSA) is 133 Å². The first-order valence-corrected chi connectivity index (χ1v) is 12.6. The van der Waals surface area contributed by atoms with Gasteiger partial charge in [-0.2, -0.15) is 4.68 Å². The van der Waals surface area contributed by atoms with Gasteiger partial charge in [-0.15, -0.1) is 16.9 Å². The second-order valence-corrected chi connectivity index (χ2v) is 11.0. The summed E-state index contributed by atoms with van der Waals surface area (Å²) in [4.78, 5) is 37.5. The van der Waals surface area contributed by atoms with Crippen molar-refractivity contribution in [1.82, 2.24) is 25.1 Å². The number of amides is 1. The number of non-ortho nitro benzene ring substituents is 1. The molecule has 3 heterocycles. The first kappa shape index (κ1) is 23.3. The number of β-lactam (4-membered cyclic amide) rings is 1. The number of nitro groups is 1. The van der Waals surface area contributed by atoms with Crippen LogP contribution in [0, 0.1) is 10.1 Å². The highest BCUT2D eigenvalue weighted by Gasteiger charge is 2.61. The van der Waals surface area contributed by atoms with E-state index in [1.165, 1.54) is 23.9 Å². The number of fused-ring (bicyclic) bond motifs is 1. The first-order chi connectivity index (χ1) is 16.9. The summed E-state index contributed by atoms with van der Waals surface area (Å²) in [6.07, 6.45) is 0.388. The Kier molecular flexibility index (Phi) is 6.19. The third-order valence-corrected chi connectivity index (χ3v) is 8.90. The summed E-state index contributed by atoms with van der Waals surface area (Å²) >= 11 is 3.00. The van der Waals surface area contributed by atoms with Crippen LogP contribution in [0.3, 0.4) is 0 Å². The van der Waals surface area contributed by atoms with Crippen molar-refractivity contribution >= 4 is 41.1 Å². The maximum absolute atomic E-state index is 13.2. The molecule has 3 aromatic rings. The lowest BCUT2D eigenvalue weighted by Gasteiger charge is -2.37. The summed E-state index contributed by atoms with van der Waals surface area (Å²) in [5.41, 5.74) is 1.41. The number of nitro benzene ring substituents is 1. The van der Waals surface area contributed by atoms with Gasteiger partial charge in [-0.05, 0) is 47.2 Å². The van der Waals surface area contributed by atoms with Crippen LogP contribution in [0.2, 0.25) is 0 Å². The highest BCUT2D eigenvalue weighted by Crippen LogP contribution is 2.52. The van der Waals surface area contributed by atoms with Gasteiger partial charge in [0.15, 0.2) is 0 Å². The zero-order valence-corrected chi connectivity index (χ0v) is 20.1. The average molecular weight is 513 g/mol. The van der Waals surface area contributed by atoms with Crippen LogP contribution in [-0.2, 0) is 20.9 Å². The minimum absolute atomic E-state index is 0.0382. The quantitative estimate of drug-likeness (QED) is 0.146. The van der Waals surface area contributed by atoms with Crippen molar-refractivity contribution in [1.29, 1.82) is 0 Å². The van der Waals surface area contributed by atoms with Gasteiger partial charge >= 0.3 is 5.97 Å². The summed E-state index contributed by atoms with van der Waals surface area (Å²) in [7, 11) is 0. The molecule has 1 amide bonds. The van der Waals surface area contributed by atoms with Gasteiger partial charge in [-0.1, -0.05) is 30.0 Å². The number of hydrogen-bond donors (Lipinski definition) is 0. The Morgan fingerprint density at radius 1 is 1.26 bits per heavy atom. The molecule has 11 nitrogen and oxygen atoms in total. The molecule has 0 bridgehead atoms. The van der Waals surface area contributed by atoms with Crippen molar-refractivity contribution in [3.05, 3.63) is 70.3 Å². The second-order valence-electron chi connectivity index (χ2n) is 8.32. The third-order valence-electron chi connectivity index (χ3n) is 5.89. The average Bonchev–Trinajstić information content (AvgIpc) is 3.42. The predicted molar refractivity (Wildman–Crippen MR) is 128 cm³/mol. The summed E-state index contributed by atoms with van der Waals surface area (Å²) < 4.78 is 6.58. The highest BCUT2D eigenvalue weighted by atomic mass is 32.2. The van der Waals surface area contributed by atoms with E-state index in [0.717, 1.165) is 5.69 Å². The van der Waals surface area contributed by atoms with Crippen molar-refractivity contribution in [3.63, 3.8) is 0 Å². The van der Waals surface area contributed by atoms with Gasteiger partial charge < -0.3 is 9.64 Å². The van der Waals surface area contributed by atoms with Crippen LogP contribution in [0.1, 0.15) is 18.9 Å². The third kappa shape index (κ3) is 4.48. The Labute approximate surface area is 208 Å². The zero-order valence-electron chi connectivity index (χ0n) is 18.5. The molecule has 5 rings (SSSR count). The molecule has 13 heteroatoms. The lowest BCUT2D eigenvalue weighted by atomic mass is 9.98. The van der Waals surface area contributed by atoms with Gasteiger partial charge in [0, 0.05) is 17.9 Å². The van der Waals surface area contributed by atoms with E-state index in [1.54, 1.807) is 33.5 Å². The molecular formula is C22H20N6O5S2. The number of thioether (sulfide) groups is 2. The molecule has 180 valence electrons. The van der Waals surface area contributed by atoms with E-state index in [0.29, 0.717) is 22.9 Å². The zero-order chi connectivity index (χ0) is 24.6. The summed E-state index contributed by atoms with van der Waals surface area (Å²) in [6.45, 7) is 1.91.